The molecule has 14 aromatic rings. The van der Waals surface area contributed by atoms with Crippen molar-refractivity contribution in [3.63, 3.8) is 0 Å². The van der Waals surface area contributed by atoms with Gasteiger partial charge in [-0.15, -0.1) is 11.3 Å². The summed E-state index contributed by atoms with van der Waals surface area (Å²) in [5, 5.41) is 12.6. The highest BCUT2D eigenvalue weighted by Gasteiger charge is 2.52. The molecule has 2 heteroatoms. The lowest BCUT2D eigenvalue weighted by molar-refractivity contribution is 0.794. The fourth-order valence-electron chi connectivity index (χ4n) is 13.1. The summed E-state index contributed by atoms with van der Waals surface area (Å²) in [4.78, 5) is 2.57. The Hall–Kier alpha value is -9.08. The lowest BCUT2D eigenvalue weighted by Gasteiger charge is -2.33. The van der Waals surface area contributed by atoms with E-state index in [4.69, 9.17) is 0 Å². The summed E-state index contributed by atoms with van der Waals surface area (Å²) in [7, 11) is 0. The average Bonchev–Trinajstić information content (AvgIpc) is 4.10. The molecular formula is C71H43NS. The minimum Gasteiger partial charge on any atom is -0.310 e. The Morgan fingerprint density at radius 3 is 1.47 bits per heavy atom. The van der Waals surface area contributed by atoms with Crippen LogP contribution >= 0.6 is 11.3 Å². The van der Waals surface area contributed by atoms with E-state index in [1.165, 1.54) is 130 Å². The summed E-state index contributed by atoms with van der Waals surface area (Å²) in [6.45, 7) is 0. The Balaban J connectivity index is 1.03. The maximum absolute atomic E-state index is 2.59. The third kappa shape index (κ3) is 5.73. The number of fused-ring (bicyclic) bond motifs is 20. The van der Waals surface area contributed by atoms with E-state index in [9.17, 15) is 0 Å². The van der Waals surface area contributed by atoms with Gasteiger partial charge in [0, 0.05) is 42.7 Å². The zero-order chi connectivity index (χ0) is 47.8. The second-order valence-corrected chi connectivity index (χ2v) is 20.9. The zero-order valence-corrected chi connectivity index (χ0v) is 40.5. The smallest absolute Gasteiger partial charge is 0.0726 e. The number of rotatable bonds is 5. The van der Waals surface area contributed by atoms with Gasteiger partial charge in [-0.3, -0.25) is 0 Å². The second kappa shape index (κ2) is 15.5. The van der Waals surface area contributed by atoms with Gasteiger partial charge in [0.1, 0.15) is 0 Å². The number of nitrogens with zero attached hydrogens (tertiary/aromatic N) is 1. The van der Waals surface area contributed by atoms with Crippen molar-refractivity contribution in [2.45, 2.75) is 5.41 Å². The fraction of sp³-hybridized carbons (Fsp3) is 0.0141. The molecule has 13 aromatic carbocycles. The molecule has 1 heterocycles. The van der Waals surface area contributed by atoms with E-state index in [1.54, 1.807) is 0 Å². The molecule has 16 rings (SSSR count). The van der Waals surface area contributed by atoms with Crippen molar-refractivity contribution < 1.29 is 0 Å². The number of thiophene rings is 1. The SMILES string of the molecule is c1ccc2c(c1)-c1ccccc1C21c2ccccc2-c2cc(-c3cccc4c3sc3ccccc34)c(N(c3ccc(-c4ccc5ccccc5c4)cc3)c3ccc4c5ccccc5c5ccccc5c4c3)cc21. The molecule has 1 nitrogen and oxygen atoms in total. The monoisotopic (exact) mass is 941 g/mol. The van der Waals surface area contributed by atoms with Crippen molar-refractivity contribution in [2.75, 3.05) is 4.90 Å². The topological polar surface area (TPSA) is 3.24 Å². The Kier molecular flexibility index (Phi) is 8.60. The van der Waals surface area contributed by atoms with Gasteiger partial charge in [0.2, 0.25) is 0 Å². The van der Waals surface area contributed by atoms with Gasteiger partial charge in [0.15, 0.2) is 0 Å². The number of anilines is 3. The summed E-state index contributed by atoms with van der Waals surface area (Å²) < 4.78 is 2.59. The highest BCUT2D eigenvalue weighted by molar-refractivity contribution is 7.26. The predicted octanol–water partition coefficient (Wildman–Crippen LogP) is 19.8. The minimum atomic E-state index is -0.528. The van der Waals surface area contributed by atoms with Crippen LogP contribution in [0.15, 0.2) is 261 Å². The molecule has 0 atom stereocenters. The first-order valence-electron chi connectivity index (χ1n) is 25.3. The molecule has 2 aliphatic carbocycles. The van der Waals surface area contributed by atoms with Gasteiger partial charge in [-0.05, 0) is 147 Å². The van der Waals surface area contributed by atoms with Crippen molar-refractivity contribution in [1.29, 1.82) is 0 Å². The lowest BCUT2D eigenvalue weighted by Crippen LogP contribution is -2.26. The molecule has 1 spiro atoms. The molecule has 0 N–H and O–H groups in total. The molecule has 0 fully saturated rings. The van der Waals surface area contributed by atoms with Crippen molar-refractivity contribution in [3.05, 3.63) is 283 Å². The molecule has 2 aliphatic rings. The van der Waals surface area contributed by atoms with Gasteiger partial charge in [-0.1, -0.05) is 212 Å². The maximum atomic E-state index is 2.59. The van der Waals surface area contributed by atoms with Gasteiger partial charge in [-0.2, -0.15) is 0 Å². The largest absolute Gasteiger partial charge is 0.310 e. The predicted molar refractivity (Wildman–Crippen MR) is 311 cm³/mol. The summed E-state index contributed by atoms with van der Waals surface area (Å²) in [5.74, 6) is 0. The minimum absolute atomic E-state index is 0.528. The molecule has 338 valence electrons. The molecule has 0 unspecified atom stereocenters. The van der Waals surface area contributed by atoms with Gasteiger partial charge in [0.05, 0.1) is 11.1 Å². The second-order valence-electron chi connectivity index (χ2n) is 19.8. The Labute approximate surface area is 427 Å². The summed E-state index contributed by atoms with van der Waals surface area (Å²) in [6, 6.07) is 98.3. The van der Waals surface area contributed by atoms with Crippen molar-refractivity contribution in [2.24, 2.45) is 0 Å². The van der Waals surface area contributed by atoms with E-state index < -0.39 is 5.41 Å². The number of benzene rings is 13. The van der Waals surface area contributed by atoms with Crippen LogP contribution in [0.25, 0.3) is 108 Å². The standard InChI is InChI=1S/C71H43NS/c1-2-17-46-40-47(33-32-44(46)16-1)45-34-36-48(37-35-45)72(49-38-39-54-52-20-4-3-18-50(52)51-19-5-6-21-53(51)61(54)41-49)68-43-67-62(42-63(68)60-27-15-26-59-58-25-10-14-31-69(58)73-70(59)60)57-24-9-13-30-66(57)71(67)64-28-11-7-22-55(64)56-23-8-12-29-65(56)71/h1-43H. The van der Waals surface area contributed by atoms with E-state index in [0.717, 1.165) is 17.1 Å². The Bertz CT molecular complexity index is 4550. The van der Waals surface area contributed by atoms with Gasteiger partial charge in [0.25, 0.3) is 0 Å². The molecule has 0 aliphatic heterocycles. The molecule has 0 saturated carbocycles. The summed E-state index contributed by atoms with van der Waals surface area (Å²) in [6.07, 6.45) is 0. The first kappa shape index (κ1) is 40.6. The highest BCUT2D eigenvalue weighted by atomic mass is 32.1. The van der Waals surface area contributed by atoms with Crippen LogP contribution in [0.1, 0.15) is 22.3 Å². The summed E-state index contributed by atoms with van der Waals surface area (Å²) in [5.41, 5.74) is 18.1. The summed E-state index contributed by atoms with van der Waals surface area (Å²) >= 11 is 1.90. The van der Waals surface area contributed by atoms with Crippen LogP contribution < -0.4 is 4.90 Å². The fourth-order valence-corrected chi connectivity index (χ4v) is 14.4. The molecule has 0 bridgehead atoms. The van der Waals surface area contributed by atoms with Gasteiger partial charge >= 0.3 is 0 Å². The molecule has 0 radical (unpaired) electrons. The zero-order valence-electron chi connectivity index (χ0n) is 39.7. The van der Waals surface area contributed by atoms with E-state index >= 15 is 0 Å². The average molecular weight is 942 g/mol. The van der Waals surface area contributed by atoms with E-state index in [-0.39, 0.29) is 0 Å². The van der Waals surface area contributed by atoms with E-state index in [2.05, 4.69) is 266 Å². The first-order valence-corrected chi connectivity index (χ1v) is 26.1. The van der Waals surface area contributed by atoms with E-state index in [0.29, 0.717) is 0 Å². The maximum Gasteiger partial charge on any atom is 0.0726 e. The highest BCUT2D eigenvalue weighted by Crippen LogP contribution is 2.64. The van der Waals surface area contributed by atoms with Crippen molar-refractivity contribution >= 4 is 91.7 Å². The van der Waals surface area contributed by atoms with Crippen LogP contribution in [0, 0.1) is 0 Å². The Morgan fingerprint density at radius 1 is 0.274 bits per heavy atom. The van der Waals surface area contributed by atoms with Crippen LogP contribution in [0.4, 0.5) is 17.1 Å². The normalized spacial score (nSPS) is 13.0. The molecule has 0 saturated heterocycles. The number of hydrogen-bond acceptors (Lipinski definition) is 2. The van der Waals surface area contributed by atoms with E-state index in [1.807, 2.05) is 11.3 Å². The van der Waals surface area contributed by atoms with Crippen LogP contribution in [-0.4, -0.2) is 0 Å². The third-order valence-electron chi connectivity index (χ3n) is 16.2. The van der Waals surface area contributed by atoms with Gasteiger partial charge < -0.3 is 4.90 Å². The van der Waals surface area contributed by atoms with Crippen LogP contribution in [0.2, 0.25) is 0 Å². The van der Waals surface area contributed by atoms with Crippen LogP contribution in [0.3, 0.4) is 0 Å². The van der Waals surface area contributed by atoms with Crippen LogP contribution in [-0.2, 0) is 5.41 Å². The quantitative estimate of drug-likeness (QED) is 0.155. The van der Waals surface area contributed by atoms with Crippen molar-refractivity contribution in [3.8, 4) is 44.5 Å². The van der Waals surface area contributed by atoms with Gasteiger partial charge in [-0.25, -0.2) is 0 Å². The molecule has 1 aromatic heterocycles. The number of hydrogen-bond donors (Lipinski definition) is 0. The van der Waals surface area contributed by atoms with Crippen LogP contribution in [0.5, 0.6) is 0 Å². The molecular weight excluding hydrogens is 899 g/mol. The Morgan fingerprint density at radius 2 is 0.781 bits per heavy atom. The van der Waals surface area contributed by atoms with Crippen molar-refractivity contribution in [1.82, 2.24) is 0 Å². The lowest BCUT2D eigenvalue weighted by atomic mass is 9.70. The molecule has 0 amide bonds. The molecule has 73 heavy (non-hydrogen) atoms. The first-order chi connectivity index (χ1) is 36.2. The third-order valence-corrected chi connectivity index (χ3v) is 17.5.